The summed E-state index contributed by atoms with van der Waals surface area (Å²) in [4.78, 5) is 9.87. The zero-order valence-corrected chi connectivity index (χ0v) is 36.9. The number of hydrogen-bond donors (Lipinski definition) is 1. The highest BCUT2D eigenvalue weighted by Gasteiger charge is 2.29. The lowest BCUT2D eigenvalue weighted by molar-refractivity contribution is 0.446. The van der Waals surface area contributed by atoms with E-state index in [-0.39, 0.29) is 22.6 Å². The van der Waals surface area contributed by atoms with Crippen molar-refractivity contribution in [1.29, 1.82) is 0 Å². The van der Waals surface area contributed by atoms with E-state index in [9.17, 15) is 9.22 Å². The van der Waals surface area contributed by atoms with Gasteiger partial charge in [-0.15, -0.1) is 0 Å². The fourth-order valence-electron chi connectivity index (χ4n) is 8.07. The van der Waals surface area contributed by atoms with Gasteiger partial charge >= 0.3 is 0 Å². The molecule has 65 heavy (non-hydrogen) atoms. The van der Waals surface area contributed by atoms with E-state index in [4.69, 9.17) is 26.9 Å². The minimum absolute atomic E-state index is 0.0150. The largest absolute Gasteiger partial charge is 0.507 e. The highest BCUT2D eigenvalue weighted by molar-refractivity contribution is 5.98. The van der Waals surface area contributed by atoms with E-state index in [1.165, 1.54) is 0 Å². The van der Waals surface area contributed by atoms with Crippen LogP contribution >= 0.6 is 0 Å². The molecule has 0 unspecified atom stereocenters. The minimum Gasteiger partial charge on any atom is -0.507 e. The number of phenolic OH excluding ortho intramolecular Hbond substituents is 1. The second kappa shape index (κ2) is 16.5. The second-order valence-corrected chi connectivity index (χ2v) is 18.3. The number of hydrogen-bond acceptors (Lipinski definition) is 3. The van der Waals surface area contributed by atoms with Crippen molar-refractivity contribution < 1.29 is 31.2 Å². The standard InChI is InChI=1S/C61H59N3O/c1-39-24-29-54(50(32-39)42-20-15-12-16-21-42)64-55-23-17-22-49(56(55)63-58(64)51-37-48(60(5,6)7)38-52(57(51)65)61(8,9)10)45-33-44(40-18-13-11-14-19-40)34-46(35-45)53-36-43(30-31-62-53)41-25-27-47(28-26-41)59(2,3)4/h11-38,65H,1-10H3/i1D3,2D3,3D3,4D3,25D,26D,27D,28D,30D,31D,36D. The summed E-state index contributed by atoms with van der Waals surface area (Å²) in [6.07, 6.45) is -0.776. The molecular formula is C61H59N3O. The van der Waals surface area contributed by atoms with Gasteiger partial charge in [-0.25, -0.2) is 4.98 Å². The predicted octanol–water partition coefficient (Wildman–Crippen LogP) is 16.3. The lowest BCUT2D eigenvalue weighted by atomic mass is 9.79. The molecule has 0 saturated heterocycles. The third kappa shape index (κ3) is 8.54. The van der Waals surface area contributed by atoms with Crippen molar-refractivity contribution in [1.82, 2.24) is 14.5 Å². The van der Waals surface area contributed by atoms with E-state index in [1.54, 1.807) is 30.3 Å². The van der Waals surface area contributed by atoms with Gasteiger partial charge in [-0.3, -0.25) is 9.55 Å². The Morgan fingerprint density at radius 3 is 1.91 bits per heavy atom. The summed E-state index contributed by atoms with van der Waals surface area (Å²) in [6, 6.07) is 31.5. The zero-order chi connectivity index (χ0) is 61.9. The molecule has 4 nitrogen and oxygen atoms in total. The van der Waals surface area contributed by atoms with Crippen LogP contribution in [-0.2, 0) is 16.2 Å². The smallest absolute Gasteiger partial charge is 0.149 e. The highest BCUT2D eigenvalue weighted by Crippen LogP contribution is 2.46. The summed E-state index contributed by atoms with van der Waals surface area (Å²) >= 11 is 0. The van der Waals surface area contributed by atoms with Gasteiger partial charge in [0.05, 0.1) is 37.6 Å². The molecule has 0 saturated carbocycles. The van der Waals surface area contributed by atoms with Crippen LogP contribution in [0.5, 0.6) is 5.75 Å². The van der Waals surface area contributed by atoms with Crippen LogP contribution in [0.1, 0.15) is 110 Å². The number of para-hydroxylation sites is 1. The molecule has 9 aromatic rings. The Morgan fingerprint density at radius 2 is 1.23 bits per heavy atom. The normalized spacial score (nSPS) is 17.2. The van der Waals surface area contributed by atoms with Gasteiger partial charge in [0.2, 0.25) is 0 Å². The van der Waals surface area contributed by atoms with Crippen LogP contribution in [0, 0.1) is 6.85 Å². The Bertz CT molecular complexity index is 4010. The van der Waals surface area contributed by atoms with Gasteiger partial charge in [0.25, 0.3) is 0 Å². The van der Waals surface area contributed by atoms with E-state index in [0.29, 0.717) is 67.1 Å². The molecule has 9 rings (SSSR count). The van der Waals surface area contributed by atoms with E-state index < -0.39 is 103 Å². The monoisotopic (exact) mass is 869 g/mol. The quantitative estimate of drug-likeness (QED) is 0.174. The first kappa shape index (κ1) is 26.1. The first-order valence-corrected chi connectivity index (χ1v) is 21.2. The van der Waals surface area contributed by atoms with Crippen molar-refractivity contribution in [2.45, 2.75) is 85.2 Å². The Morgan fingerprint density at radius 1 is 0.538 bits per heavy atom. The van der Waals surface area contributed by atoms with Gasteiger partial charge in [0.15, 0.2) is 0 Å². The molecule has 4 heteroatoms. The van der Waals surface area contributed by atoms with Crippen LogP contribution in [0.2, 0.25) is 0 Å². The molecule has 0 aliphatic carbocycles. The second-order valence-electron chi connectivity index (χ2n) is 18.3. The molecule has 2 heterocycles. The molecule has 324 valence electrons. The maximum absolute atomic E-state index is 12.6. The van der Waals surface area contributed by atoms with E-state index in [2.05, 4.69) is 25.8 Å². The average molecular weight is 869 g/mol. The predicted molar refractivity (Wildman–Crippen MR) is 274 cm³/mol. The van der Waals surface area contributed by atoms with Gasteiger partial charge in [-0.1, -0.05) is 177 Å². The van der Waals surface area contributed by atoms with Gasteiger partial charge in [-0.05, 0) is 122 Å². The van der Waals surface area contributed by atoms with Crippen LogP contribution in [0.4, 0.5) is 0 Å². The minimum atomic E-state index is -3.95. The number of pyridine rings is 1. The summed E-state index contributed by atoms with van der Waals surface area (Å²) in [5.74, 6) is 0.299. The molecule has 7 aromatic carbocycles. The lowest BCUT2D eigenvalue weighted by Crippen LogP contribution is -2.17. The molecule has 0 spiro atoms. The van der Waals surface area contributed by atoms with Gasteiger partial charge < -0.3 is 5.11 Å². The molecule has 0 aliphatic heterocycles. The number of nitrogens with zero attached hydrogens (tertiary/aromatic N) is 3. The molecule has 0 amide bonds. The van der Waals surface area contributed by atoms with Crippen molar-refractivity contribution in [3.8, 4) is 78.6 Å². The summed E-state index contributed by atoms with van der Waals surface area (Å²) < 4.78 is 166. The fraction of sp³-hybridized carbons (Fsp3) is 0.213. The number of phenols is 1. The van der Waals surface area contributed by atoms with E-state index >= 15 is 0 Å². The maximum Gasteiger partial charge on any atom is 0.149 e. The zero-order valence-electron chi connectivity index (χ0n) is 55.9. The van der Waals surface area contributed by atoms with Crippen LogP contribution in [0.25, 0.3) is 83.9 Å². The van der Waals surface area contributed by atoms with Crippen LogP contribution in [0.3, 0.4) is 0 Å². The van der Waals surface area contributed by atoms with Gasteiger partial charge in [0, 0.05) is 44.9 Å². The first-order chi connectivity index (χ1) is 38.8. The fourth-order valence-corrected chi connectivity index (χ4v) is 8.07. The Hall–Kier alpha value is -7.04. The molecule has 2 aromatic heterocycles. The SMILES string of the molecule is [2H]c1nc(-c2cc(-c3ccccc3)cc(-c3cccc4c3nc(-c3cc(C(C)(C)C)cc(C(C)(C)C)c3O)n4-c3ccc(C([2H])([2H])[2H])cc3-c3ccccc3)c2)c([2H])c(-c2c([2H])c([2H])c(C(C([2H])([2H])[2H])(C([2H])([2H])[2H])C([2H])([2H])[2H])c([2H])c2[2H])c1[2H]. The number of rotatable bonds is 7. The summed E-state index contributed by atoms with van der Waals surface area (Å²) in [5, 5.41) is 12.6. The number of aromatic hydroxyl groups is 1. The lowest BCUT2D eigenvalue weighted by Gasteiger charge is -2.27. The number of aryl methyl sites for hydroxylation is 1. The van der Waals surface area contributed by atoms with Crippen LogP contribution in [0.15, 0.2) is 170 Å². The molecule has 0 radical (unpaired) electrons. The topological polar surface area (TPSA) is 50.9 Å². The molecule has 0 aliphatic rings. The third-order valence-corrected chi connectivity index (χ3v) is 11.5. The molecule has 0 atom stereocenters. The Kier molecular flexibility index (Phi) is 6.61. The summed E-state index contributed by atoms with van der Waals surface area (Å²) in [7, 11) is 0. The highest BCUT2D eigenvalue weighted by atomic mass is 16.3. The number of imidazole rings is 1. The molecule has 0 bridgehead atoms. The van der Waals surface area contributed by atoms with E-state index in [1.807, 2.05) is 122 Å². The van der Waals surface area contributed by atoms with Crippen molar-refractivity contribution in [3.05, 3.63) is 192 Å². The molecule has 0 fully saturated rings. The van der Waals surface area contributed by atoms with Gasteiger partial charge in [-0.2, -0.15) is 0 Å². The third-order valence-electron chi connectivity index (χ3n) is 11.5. The van der Waals surface area contributed by atoms with E-state index in [0.717, 1.165) is 5.56 Å². The van der Waals surface area contributed by atoms with Crippen LogP contribution in [-0.4, -0.2) is 19.6 Å². The first-order valence-electron chi connectivity index (χ1n) is 30.7. The number of aromatic nitrogens is 3. The summed E-state index contributed by atoms with van der Waals surface area (Å²) in [5.41, 5.74) is -0.838. The van der Waals surface area contributed by atoms with Crippen LogP contribution < -0.4 is 0 Å². The number of benzene rings is 7. The van der Waals surface area contributed by atoms with Crippen molar-refractivity contribution in [2.75, 3.05) is 0 Å². The molecular weight excluding hydrogens is 791 g/mol. The van der Waals surface area contributed by atoms with Crippen molar-refractivity contribution in [3.63, 3.8) is 0 Å². The maximum atomic E-state index is 12.6. The van der Waals surface area contributed by atoms with Crippen molar-refractivity contribution in [2.24, 2.45) is 0 Å². The Balaban J connectivity index is 1.38. The molecule has 1 N–H and O–H groups in total. The summed E-state index contributed by atoms with van der Waals surface area (Å²) in [6.45, 7) is -2.11. The Labute approximate surface area is 412 Å². The average Bonchev–Trinajstić information content (AvgIpc) is 0.773. The number of fused-ring (bicyclic) bond motifs is 1. The van der Waals surface area contributed by atoms with Gasteiger partial charge in [0.1, 0.15) is 11.6 Å². The van der Waals surface area contributed by atoms with Crippen molar-refractivity contribution >= 4 is 11.0 Å².